The zero-order valence-corrected chi connectivity index (χ0v) is 10.0. The Hall–Kier alpha value is -1.40. The first-order valence-electron chi connectivity index (χ1n) is 5.07. The Bertz CT molecular complexity index is 420. The van der Waals surface area contributed by atoms with Crippen LogP contribution in [0.2, 0.25) is 0 Å². The number of hydrogen-bond acceptors (Lipinski definition) is 6. The van der Waals surface area contributed by atoms with E-state index in [0.717, 1.165) is 4.90 Å². The lowest BCUT2D eigenvalue weighted by Crippen LogP contribution is -2.19. The lowest BCUT2D eigenvalue weighted by atomic mass is 10.3. The number of carbonyl (C=O) groups is 1. The summed E-state index contributed by atoms with van der Waals surface area (Å²) >= 11 is 1.30. The minimum atomic E-state index is -0.658. The summed E-state index contributed by atoms with van der Waals surface area (Å²) in [5, 5.41) is 7.93. The van der Waals surface area contributed by atoms with Gasteiger partial charge in [-0.2, -0.15) is 5.26 Å². The summed E-state index contributed by atoms with van der Waals surface area (Å²) in [5.74, 6) is 0.746. The summed E-state index contributed by atoms with van der Waals surface area (Å²) in [5.41, 5.74) is 0. The number of fused-ring (bicyclic) bond motifs is 1. The molecule has 1 aromatic carbocycles. The van der Waals surface area contributed by atoms with Gasteiger partial charge in [0.05, 0.1) is 18.6 Å². The van der Waals surface area contributed by atoms with Crippen LogP contribution in [0, 0.1) is 0 Å². The normalized spacial score (nSPS) is 18.6. The van der Waals surface area contributed by atoms with Crippen LogP contribution in [-0.4, -0.2) is 30.2 Å². The molecule has 0 aliphatic carbocycles. The molecule has 2 rings (SSSR count). The largest absolute Gasteiger partial charge is 0.497 e. The molecule has 1 aromatic rings. The Morgan fingerprint density at radius 1 is 1.59 bits per heavy atom. The average Bonchev–Trinajstić information content (AvgIpc) is 2.58. The molecule has 1 atom stereocenters. The first kappa shape index (κ1) is 12.1. The Morgan fingerprint density at radius 3 is 3.12 bits per heavy atom. The minimum absolute atomic E-state index is 0.409. The first-order valence-corrected chi connectivity index (χ1v) is 5.95. The highest BCUT2D eigenvalue weighted by Crippen LogP contribution is 2.38. The molecule has 1 unspecified atom stereocenters. The number of benzene rings is 1. The predicted octanol–water partition coefficient (Wildman–Crippen LogP) is 1.95. The van der Waals surface area contributed by atoms with Crippen LogP contribution in [0.25, 0.3) is 0 Å². The standard InChI is InChI=1S/C11H12O5S/c1-14-7-2-3-8-10(6-7)17-9(4-5-15-8)11(12)16-13/h2-3,6,9,13H,4-5H2,1H3. The highest BCUT2D eigenvalue weighted by Gasteiger charge is 2.26. The van der Waals surface area contributed by atoms with E-state index < -0.39 is 11.2 Å². The fraction of sp³-hybridized carbons (Fsp3) is 0.364. The van der Waals surface area contributed by atoms with Crippen molar-refractivity contribution in [2.45, 2.75) is 16.6 Å². The second kappa shape index (κ2) is 5.29. The zero-order chi connectivity index (χ0) is 12.3. The van der Waals surface area contributed by atoms with Gasteiger partial charge in [-0.3, -0.25) is 4.89 Å². The Kier molecular flexibility index (Phi) is 3.75. The molecular weight excluding hydrogens is 244 g/mol. The van der Waals surface area contributed by atoms with Gasteiger partial charge in [-0.25, -0.2) is 4.79 Å². The van der Waals surface area contributed by atoms with Crippen LogP contribution in [0.5, 0.6) is 11.5 Å². The van der Waals surface area contributed by atoms with Crippen molar-refractivity contribution in [2.24, 2.45) is 0 Å². The molecule has 6 heteroatoms. The van der Waals surface area contributed by atoms with E-state index in [2.05, 4.69) is 4.89 Å². The highest BCUT2D eigenvalue weighted by molar-refractivity contribution is 8.00. The van der Waals surface area contributed by atoms with Gasteiger partial charge in [0.15, 0.2) is 0 Å². The molecule has 5 nitrogen and oxygen atoms in total. The summed E-state index contributed by atoms with van der Waals surface area (Å²) in [6.07, 6.45) is 0.487. The molecule has 92 valence electrons. The Balaban J connectivity index is 2.25. The highest BCUT2D eigenvalue weighted by atomic mass is 32.2. The van der Waals surface area contributed by atoms with E-state index in [1.54, 1.807) is 25.3 Å². The van der Waals surface area contributed by atoms with Crippen molar-refractivity contribution < 1.29 is 24.4 Å². The molecule has 0 amide bonds. The molecule has 0 radical (unpaired) electrons. The van der Waals surface area contributed by atoms with Crippen LogP contribution in [0.1, 0.15) is 6.42 Å². The van der Waals surface area contributed by atoms with Crippen molar-refractivity contribution in [3.63, 3.8) is 0 Å². The first-order chi connectivity index (χ1) is 8.24. The van der Waals surface area contributed by atoms with Gasteiger partial charge in [0, 0.05) is 6.42 Å². The number of rotatable bonds is 2. The topological polar surface area (TPSA) is 65.0 Å². The third kappa shape index (κ3) is 2.65. The number of carbonyl (C=O) groups excluding carboxylic acids is 1. The number of hydrogen-bond donors (Lipinski definition) is 1. The van der Waals surface area contributed by atoms with Gasteiger partial charge in [-0.1, -0.05) is 0 Å². The molecule has 0 fully saturated rings. The molecule has 0 saturated carbocycles. The van der Waals surface area contributed by atoms with Crippen molar-refractivity contribution in [3.8, 4) is 11.5 Å². The molecule has 1 N–H and O–H groups in total. The van der Waals surface area contributed by atoms with Crippen LogP contribution >= 0.6 is 11.8 Å². The molecule has 1 aliphatic rings. The van der Waals surface area contributed by atoms with Crippen molar-refractivity contribution in [3.05, 3.63) is 18.2 Å². The lowest BCUT2D eigenvalue weighted by Gasteiger charge is -2.09. The molecule has 1 aliphatic heterocycles. The maximum Gasteiger partial charge on any atom is 0.355 e. The average molecular weight is 256 g/mol. The SMILES string of the molecule is COc1ccc2c(c1)SC(C(=O)OO)CCO2. The number of thioether (sulfide) groups is 1. The minimum Gasteiger partial charge on any atom is -0.497 e. The van der Waals surface area contributed by atoms with Gasteiger partial charge < -0.3 is 9.47 Å². The molecule has 17 heavy (non-hydrogen) atoms. The summed E-state index contributed by atoms with van der Waals surface area (Å²) in [4.78, 5) is 15.9. The van der Waals surface area contributed by atoms with Crippen LogP contribution in [0.4, 0.5) is 0 Å². The maximum absolute atomic E-state index is 11.3. The Morgan fingerprint density at radius 2 is 2.41 bits per heavy atom. The summed E-state index contributed by atoms with van der Waals surface area (Å²) < 4.78 is 10.6. The molecule has 1 heterocycles. The fourth-order valence-corrected chi connectivity index (χ4v) is 2.63. The van der Waals surface area contributed by atoms with Gasteiger partial charge in [0.25, 0.3) is 0 Å². The van der Waals surface area contributed by atoms with E-state index in [0.29, 0.717) is 24.5 Å². The van der Waals surface area contributed by atoms with Crippen LogP contribution in [0.3, 0.4) is 0 Å². The summed E-state index contributed by atoms with van der Waals surface area (Å²) in [6.45, 7) is 0.409. The van der Waals surface area contributed by atoms with E-state index in [9.17, 15) is 4.79 Å². The third-order valence-corrected chi connectivity index (χ3v) is 3.70. The van der Waals surface area contributed by atoms with Crippen molar-refractivity contribution in [1.82, 2.24) is 0 Å². The van der Waals surface area contributed by atoms with Gasteiger partial charge >= 0.3 is 5.97 Å². The molecular formula is C11H12O5S. The molecule has 0 bridgehead atoms. The summed E-state index contributed by atoms with van der Waals surface area (Å²) in [6, 6.07) is 5.39. The second-order valence-corrected chi connectivity index (χ2v) is 4.71. The second-order valence-electron chi connectivity index (χ2n) is 3.47. The molecule has 0 aromatic heterocycles. The van der Waals surface area contributed by atoms with E-state index >= 15 is 0 Å². The van der Waals surface area contributed by atoms with Gasteiger partial charge in [-0.05, 0) is 18.2 Å². The van der Waals surface area contributed by atoms with E-state index in [1.807, 2.05) is 0 Å². The van der Waals surface area contributed by atoms with E-state index in [4.69, 9.17) is 14.7 Å². The van der Waals surface area contributed by atoms with Gasteiger partial charge in [-0.15, -0.1) is 11.8 Å². The molecule has 0 saturated heterocycles. The maximum atomic E-state index is 11.3. The van der Waals surface area contributed by atoms with Gasteiger partial charge in [0.1, 0.15) is 16.7 Å². The van der Waals surface area contributed by atoms with Crippen LogP contribution in [0.15, 0.2) is 23.1 Å². The lowest BCUT2D eigenvalue weighted by molar-refractivity contribution is -0.233. The molecule has 0 spiro atoms. The third-order valence-electron chi connectivity index (χ3n) is 2.41. The number of ether oxygens (including phenoxy) is 2. The van der Waals surface area contributed by atoms with Gasteiger partial charge in [0.2, 0.25) is 0 Å². The van der Waals surface area contributed by atoms with Crippen molar-refractivity contribution in [1.29, 1.82) is 0 Å². The fourth-order valence-electron chi connectivity index (χ4n) is 1.54. The quantitative estimate of drug-likeness (QED) is 0.644. The van der Waals surface area contributed by atoms with E-state index in [1.165, 1.54) is 11.8 Å². The van der Waals surface area contributed by atoms with Crippen molar-refractivity contribution in [2.75, 3.05) is 13.7 Å². The van der Waals surface area contributed by atoms with E-state index in [-0.39, 0.29) is 0 Å². The number of methoxy groups -OCH3 is 1. The zero-order valence-electron chi connectivity index (χ0n) is 9.21. The Labute approximate surface area is 103 Å². The smallest absolute Gasteiger partial charge is 0.355 e. The monoisotopic (exact) mass is 256 g/mol. The predicted molar refractivity (Wildman–Crippen MR) is 61.5 cm³/mol. The van der Waals surface area contributed by atoms with Crippen molar-refractivity contribution >= 4 is 17.7 Å². The van der Waals surface area contributed by atoms with Crippen LogP contribution < -0.4 is 9.47 Å². The summed E-state index contributed by atoms with van der Waals surface area (Å²) in [7, 11) is 1.57. The van der Waals surface area contributed by atoms with Crippen LogP contribution in [-0.2, 0) is 9.68 Å².